The van der Waals surface area contributed by atoms with Gasteiger partial charge in [-0.2, -0.15) is 0 Å². The second-order valence-corrected chi connectivity index (χ2v) is 10.4. The summed E-state index contributed by atoms with van der Waals surface area (Å²) < 4.78 is 7.48. The molecule has 5 rings (SSSR count). The van der Waals surface area contributed by atoms with Crippen molar-refractivity contribution in [1.29, 1.82) is 0 Å². The number of carbonyl (C=O) groups is 2. The van der Waals surface area contributed by atoms with Gasteiger partial charge >= 0.3 is 0 Å². The maximum absolute atomic E-state index is 13.1. The molecule has 3 N–H and O–H groups in total. The summed E-state index contributed by atoms with van der Waals surface area (Å²) in [6.45, 7) is 2.24. The smallest absolute Gasteiger partial charge is 0.251 e. The van der Waals surface area contributed by atoms with E-state index in [9.17, 15) is 9.59 Å². The van der Waals surface area contributed by atoms with Crippen molar-refractivity contribution in [1.82, 2.24) is 14.8 Å². The minimum Gasteiger partial charge on any atom is -0.467 e. The number of thioether (sulfide) groups is 1. The summed E-state index contributed by atoms with van der Waals surface area (Å²) in [5.74, 6) is 0.731. The van der Waals surface area contributed by atoms with Gasteiger partial charge in [0, 0.05) is 10.4 Å². The number of primary amides is 1. The number of rotatable bonds is 8. The second kappa shape index (κ2) is 9.47. The van der Waals surface area contributed by atoms with Crippen LogP contribution in [0.3, 0.4) is 0 Å². The zero-order valence-corrected chi connectivity index (χ0v) is 20.1. The number of thiophene rings is 1. The Labute approximate surface area is 204 Å². The van der Waals surface area contributed by atoms with Gasteiger partial charge in [0.2, 0.25) is 5.91 Å². The van der Waals surface area contributed by atoms with Crippen molar-refractivity contribution in [2.45, 2.75) is 43.1 Å². The molecule has 0 spiro atoms. The van der Waals surface area contributed by atoms with Crippen molar-refractivity contribution in [2.75, 3.05) is 5.32 Å². The first kappa shape index (κ1) is 22.4. The maximum atomic E-state index is 13.1. The van der Waals surface area contributed by atoms with Crippen LogP contribution < -0.4 is 11.1 Å². The molecular formula is C24H23N5O3S2. The van der Waals surface area contributed by atoms with E-state index in [-0.39, 0.29) is 5.91 Å². The zero-order chi connectivity index (χ0) is 23.7. The number of aryl methyl sites for hydroxylation is 1. The summed E-state index contributed by atoms with van der Waals surface area (Å²) in [4.78, 5) is 26.3. The highest BCUT2D eigenvalue weighted by Crippen LogP contribution is 2.39. The maximum Gasteiger partial charge on any atom is 0.251 e. The highest BCUT2D eigenvalue weighted by Gasteiger charge is 2.28. The van der Waals surface area contributed by atoms with Crippen LogP contribution in [0.1, 0.15) is 39.9 Å². The fraction of sp³-hybridized carbons (Fsp3) is 0.250. The lowest BCUT2D eigenvalue weighted by atomic mass is 10.1. The predicted octanol–water partition coefficient (Wildman–Crippen LogP) is 4.35. The third-order valence-corrected chi connectivity index (χ3v) is 7.99. The Morgan fingerprint density at radius 1 is 1.21 bits per heavy atom. The summed E-state index contributed by atoms with van der Waals surface area (Å²) in [5.41, 5.74) is 7.99. The fourth-order valence-corrected chi connectivity index (χ4v) is 6.20. The molecule has 0 bridgehead atoms. The normalized spacial score (nSPS) is 13.6. The number of carbonyl (C=O) groups excluding carboxylic acids is 2. The first-order valence-corrected chi connectivity index (χ1v) is 12.6. The number of nitrogens with one attached hydrogen (secondary N) is 1. The van der Waals surface area contributed by atoms with Crippen molar-refractivity contribution in [2.24, 2.45) is 5.73 Å². The SMILES string of the molecule is C[C@H](Sc1nnc(-c2ccccc2)n1Cc1ccco1)C(=O)Nc1sc2c(c1C(N)=O)CCC2. The van der Waals surface area contributed by atoms with Crippen molar-refractivity contribution < 1.29 is 14.0 Å². The highest BCUT2D eigenvalue weighted by molar-refractivity contribution is 8.00. The molecule has 0 unspecified atom stereocenters. The fourth-order valence-electron chi connectivity index (χ4n) is 4.06. The summed E-state index contributed by atoms with van der Waals surface area (Å²) in [6.07, 6.45) is 4.37. The highest BCUT2D eigenvalue weighted by atomic mass is 32.2. The molecule has 8 nitrogen and oxygen atoms in total. The van der Waals surface area contributed by atoms with Crippen molar-refractivity contribution in [3.63, 3.8) is 0 Å². The van der Waals surface area contributed by atoms with E-state index in [0.29, 0.717) is 28.1 Å². The number of nitrogens with two attached hydrogens (primary N) is 1. The third-order valence-electron chi connectivity index (χ3n) is 5.70. The number of hydrogen-bond donors (Lipinski definition) is 2. The van der Waals surface area contributed by atoms with Gasteiger partial charge in [0.15, 0.2) is 11.0 Å². The lowest BCUT2D eigenvalue weighted by Gasteiger charge is -2.13. The van der Waals surface area contributed by atoms with Gasteiger partial charge in [-0.05, 0) is 43.9 Å². The van der Waals surface area contributed by atoms with Gasteiger partial charge in [0.1, 0.15) is 10.8 Å². The Kier molecular flexibility index (Phi) is 6.25. The van der Waals surface area contributed by atoms with Crippen LogP contribution in [0.5, 0.6) is 0 Å². The van der Waals surface area contributed by atoms with Gasteiger partial charge < -0.3 is 15.5 Å². The lowest BCUT2D eigenvalue weighted by Crippen LogP contribution is -2.24. The molecule has 1 aliphatic rings. The molecule has 1 aliphatic carbocycles. The Morgan fingerprint density at radius 3 is 2.76 bits per heavy atom. The molecule has 0 radical (unpaired) electrons. The Hall–Kier alpha value is -3.37. The van der Waals surface area contributed by atoms with Crippen LogP contribution in [0.15, 0.2) is 58.3 Å². The number of benzene rings is 1. The van der Waals surface area contributed by atoms with Crippen LogP contribution in [-0.2, 0) is 24.2 Å². The number of hydrogen-bond acceptors (Lipinski definition) is 7. The van der Waals surface area contributed by atoms with Gasteiger partial charge in [0.05, 0.1) is 23.6 Å². The molecule has 0 saturated carbocycles. The number of amides is 2. The van der Waals surface area contributed by atoms with E-state index in [1.165, 1.54) is 23.1 Å². The molecule has 3 aromatic heterocycles. The summed E-state index contributed by atoms with van der Waals surface area (Å²) in [6, 6.07) is 13.5. The standard InChI is InChI=1S/C24H23N5O3S2/c1-14(22(31)26-23-19(20(25)30)17-10-5-11-18(17)34-23)33-24-28-27-21(15-7-3-2-4-8-15)29(24)13-16-9-6-12-32-16/h2-4,6-9,12,14H,5,10-11,13H2,1H3,(H2,25,30)(H,26,31)/t14-/m0/s1. The van der Waals surface area contributed by atoms with Crippen molar-refractivity contribution in [3.05, 3.63) is 70.5 Å². The summed E-state index contributed by atoms with van der Waals surface area (Å²) in [7, 11) is 0. The molecule has 2 amide bonds. The van der Waals surface area contributed by atoms with Crippen LogP contribution in [0.2, 0.25) is 0 Å². The molecule has 4 aromatic rings. The number of anilines is 1. The summed E-state index contributed by atoms with van der Waals surface area (Å²) >= 11 is 2.75. The second-order valence-electron chi connectivity index (χ2n) is 8.01. The molecule has 0 saturated heterocycles. The molecule has 0 fully saturated rings. The van der Waals surface area contributed by atoms with E-state index < -0.39 is 11.2 Å². The minimum atomic E-state index is -0.499. The predicted molar refractivity (Wildman–Crippen MR) is 132 cm³/mol. The van der Waals surface area contributed by atoms with Crippen molar-refractivity contribution >= 4 is 39.9 Å². The Bertz CT molecular complexity index is 1330. The van der Waals surface area contributed by atoms with Crippen LogP contribution >= 0.6 is 23.1 Å². The van der Waals surface area contributed by atoms with Crippen LogP contribution in [-0.4, -0.2) is 31.8 Å². The van der Waals surface area contributed by atoms with Crippen LogP contribution in [0.25, 0.3) is 11.4 Å². The molecule has 174 valence electrons. The molecule has 10 heteroatoms. The Morgan fingerprint density at radius 2 is 2.03 bits per heavy atom. The number of fused-ring (bicyclic) bond motifs is 1. The molecule has 1 aromatic carbocycles. The van der Waals surface area contributed by atoms with Gasteiger partial charge in [-0.1, -0.05) is 42.1 Å². The van der Waals surface area contributed by atoms with Gasteiger partial charge in [0.25, 0.3) is 5.91 Å². The minimum absolute atomic E-state index is 0.221. The van der Waals surface area contributed by atoms with E-state index in [1.807, 2.05) is 47.0 Å². The largest absolute Gasteiger partial charge is 0.467 e. The molecule has 1 atom stereocenters. The summed E-state index contributed by atoms with van der Waals surface area (Å²) in [5, 5.41) is 12.3. The average molecular weight is 494 g/mol. The molecule has 0 aliphatic heterocycles. The van der Waals surface area contributed by atoms with E-state index in [4.69, 9.17) is 10.2 Å². The lowest BCUT2D eigenvalue weighted by molar-refractivity contribution is -0.115. The Balaban J connectivity index is 1.38. The van der Waals surface area contributed by atoms with Crippen molar-refractivity contribution in [3.8, 4) is 11.4 Å². The van der Waals surface area contributed by atoms with E-state index in [0.717, 1.165) is 41.0 Å². The number of nitrogens with zero attached hydrogens (tertiary/aromatic N) is 3. The molecular weight excluding hydrogens is 470 g/mol. The van der Waals surface area contributed by atoms with E-state index in [1.54, 1.807) is 13.2 Å². The van der Waals surface area contributed by atoms with Crippen LogP contribution in [0.4, 0.5) is 5.00 Å². The quantitative estimate of drug-likeness (QED) is 0.353. The van der Waals surface area contributed by atoms with Gasteiger partial charge in [-0.3, -0.25) is 14.2 Å². The molecule has 34 heavy (non-hydrogen) atoms. The number of furan rings is 1. The van der Waals surface area contributed by atoms with Gasteiger partial charge in [-0.25, -0.2) is 0 Å². The topological polar surface area (TPSA) is 116 Å². The zero-order valence-electron chi connectivity index (χ0n) is 18.5. The third kappa shape index (κ3) is 4.38. The van der Waals surface area contributed by atoms with E-state index >= 15 is 0 Å². The first-order valence-electron chi connectivity index (χ1n) is 10.9. The molecule has 3 heterocycles. The van der Waals surface area contributed by atoms with Gasteiger partial charge in [-0.15, -0.1) is 21.5 Å². The van der Waals surface area contributed by atoms with E-state index in [2.05, 4.69) is 15.5 Å². The first-order chi connectivity index (χ1) is 16.5. The van der Waals surface area contributed by atoms with Crippen LogP contribution in [0, 0.1) is 0 Å². The number of aromatic nitrogens is 3. The average Bonchev–Trinajstić information content (AvgIpc) is 3.60. The monoisotopic (exact) mass is 493 g/mol.